The SMILES string of the molecule is COCC(C)Nc1cccnc1N1CCN(C(=O)c2cc3cc(F)ccc3[nH]2)CC1. The van der Waals surface area contributed by atoms with Gasteiger partial charge in [-0.3, -0.25) is 4.79 Å². The smallest absolute Gasteiger partial charge is 0.270 e. The standard InChI is InChI=1S/C22H26FN5O2/c1-15(14-30-2)25-19-4-3-7-24-21(19)27-8-10-28(11-9-27)22(29)20-13-16-12-17(23)5-6-18(16)26-20/h3-7,12-13,15,25-26H,8-11,14H2,1-2H3. The molecule has 3 heterocycles. The van der Waals surface area contributed by atoms with Crippen LogP contribution in [-0.4, -0.2) is 66.7 Å². The molecule has 0 spiro atoms. The van der Waals surface area contributed by atoms with Crippen molar-refractivity contribution < 1.29 is 13.9 Å². The van der Waals surface area contributed by atoms with Crippen LogP contribution in [0.4, 0.5) is 15.9 Å². The first kappa shape index (κ1) is 20.2. The number of pyridine rings is 1. The van der Waals surface area contributed by atoms with Gasteiger partial charge in [-0.05, 0) is 43.3 Å². The number of fused-ring (bicyclic) bond motifs is 1. The van der Waals surface area contributed by atoms with Gasteiger partial charge in [0.15, 0.2) is 5.82 Å². The Hall–Kier alpha value is -3.13. The van der Waals surface area contributed by atoms with Crippen LogP contribution in [0.3, 0.4) is 0 Å². The Labute approximate surface area is 174 Å². The number of aromatic amines is 1. The lowest BCUT2D eigenvalue weighted by Crippen LogP contribution is -2.49. The number of aromatic nitrogens is 2. The van der Waals surface area contributed by atoms with Crippen molar-refractivity contribution >= 4 is 28.3 Å². The molecule has 30 heavy (non-hydrogen) atoms. The van der Waals surface area contributed by atoms with E-state index in [1.165, 1.54) is 12.1 Å². The van der Waals surface area contributed by atoms with E-state index in [1.54, 1.807) is 25.4 Å². The Kier molecular flexibility index (Phi) is 5.85. The fraction of sp³-hybridized carbons (Fsp3) is 0.364. The fourth-order valence-electron chi connectivity index (χ4n) is 3.83. The molecule has 1 aromatic carbocycles. The molecule has 0 radical (unpaired) electrons. The minimum absolute atomic E-state index is 0.0701. The molecule has 1 saturated heterocycles. The van der Waals surface area contributed by atoms with E-state index in [0.29, 0.717) is 43.9 Å². The minimum atomic E-state index is -0.311. The first-order valence-electron chi connectivity index (χ1n) is 10.1. The highest BCUT2D eigenvalue weighted by molar-refractivity contribution is 5.98. The molecule has 1 atom stereocenters. The highest BCUT2D eigenvalue weighted by atomic mass is 19.1. The lowest BCUT2D eigenvalue weighted by atomic mass is 10.2. The minimum Gasteiger partial charge on any atom is -0.383 e. The monoisotopic (exact) mass is 411 g/mol. The van der Waals surface area contributed by atoms with Crippen LogP contribution < -0.4 is 10.2 Å². The average Bonchev–Trinajstić information content (AvgIpc) is 3.17. The van der Waals surface area contributed by atoms with Gasteiger partial charge in [0.2, 0.25) is 0 Å². The van der Waals surface area contributed by atoms with Gasteiger partial charge in [-0.15, -0.1) is 0 Å². The highest BCUT2D eigenvalue weighted by Gasteiger charge is 2.25. The Morgan fingerprint density at radius 3 is 2.83 bits per heavy atom. The fourth-order valence-corrected chi connectivity index (χ4v) is 3.83. The lowest BCUT2D eigenvalue weighted by Gasteiger charge is -2.36. The molecule has 0 aliphatic carbocycles. The molecule has 2 aromatic heterocycles. The zero-order valence-corrected chi connectivity index (χ0v) is 17.2. The molecule has 7 nitrogen and oxygen atoms in total. The van der Waals surface area contributed by atoms with Crippen molar-refractivity contribution in [3.05, 3.63) is 54.1 Å². The topological polar surface area (TPSA) is 73.5 Å². The lowest BCUT2D eigenvalue weighted by molar-refractivity contribution is 0.0741. The summed E-state index contributed by atoms with van der Waals surface area (Å²) in [5.41, 5.74) is 2.20. The second kappa shape index (κ2) is 8.71. The summed E-state index contributed by atoms with van der Waals surface area (Å²) in [4.78, 5) is 24.6. The summed E-state index contributed by atoms with van der Waals surface area (Å²) in [6, 6.07) is 10.3. The second-order valence-electron chi connectivity index (χ2n) is 7.57. The number of nitrogens with one attached hydrogen (secondary N) is 2. The van der Waals surface area contributed by atoms with Gasteiger partial charge in [-0.2, -0.15) is 0 Å². The summed E-state index contributed by atoms with van der Waals surface area (Å²) in [6.07, 6.45) is 1.78. The molecule has 4 rings (SSSR count). The number of hydrogen-bond acceptors (Lipinski definition) is 5. The number of halogens is 1. The number of methoxy groups -OCH3 is 1. The molecule has 1 aliphatic heterocycles. The van der Waals surface area contributed by atoms with Crippen molar-refractivity contribution in [1.29, 1.82) is 0 Å². The Bertz CT molecular complexity index is 1030. The number of piperazine rings is 1. The molecule has 8 heteroatoms. The van der Waals surface area contributed by atoms with Crippen molar-refractivity contribution in [2.45, 2.75) is 13.0 Å². The Balaban J connectivity index is 1.43. The van der Waals surface area contributed by atoms with Crippen LogP contribution in [0.15, 0.2) is 42.6 Å². The van der Waals surface area contributed by atoms with E-state index in [1.807, 2.05) is 17.0 Å². The number of H-pyrrole nitrogens is 1. The molecule has 3 aromatic rings. The molecule has 0 saturated carbocycles. The van der Waals surface area contributed by atoms with Crippen LogP contribution in [0, 0.1) is 5.82 Å². The molecule has 1 unspecified atom stereocenters. The number of benzene rings is 1. The van der Waals surface area contributed by atoms with Crippen molar-refractivity contribution in [2.24, 2.45) is 0 Å². The number of hydrogen-bond donors (Lipinski definition) is 2. The van der Waals surface area contributed by atoms with Gasteiger partial charge in [-0.25, -0.2) is 9.37 Å². The number of carbonyl (C=O) groups excluding carboxylic acids is 1. The molecule has 1 amide bonds. The van der Waals surface area contributed by atoms with E-state index >= 15 is 0 Å². The maximum absolute atomic E-state index is 13.4. The van der Waals surface area contributed by atoms with Crippen LogP contribution in [0.5, 0.6) is 0 Å². The molecular formula is C22H26FN5O2. The summed E-state index contributed by atoms with van der Waals surface area (Å²) in [5, 5.41) is 4.14. The molecule has 1 aliphatic rings. The number of carbonyl (C=O) groups is 1. The normalized spacial score (nSPS) is 15.4. The first-order chi connectivity index (χ1) is 14.5. The van der Waals surface area contributed by atoms with Crippen LogP contribution in [0.2, 0.25) is 0 Å². The van der Waals surface area contributed by atoms with E-state index in [-0.39, 0.29) is 17.8 Å². The van der Waals surface area contributed by atoms with Crippen LogP contribution >= 0.6 is 0 Å². The second-order valence-corrected chi connectivity index (χ2v) is 7.57. The quantitative estimate of drug-likeness (QED) is 0.652. The summed E-state index contributed by atoms with van der Waals surface area (Å²) < 4.78 is 18.6. The van der Waals surface area contributed by atoms with E-state index in [2.05, 4.69) is 27.1 Å². The summed E-state index contributed by atoms with van der Waals surface area (Å²) in [7, 11) is 1.68. The number of ether oxygens (including phenoxy) is 1. The number of rotatable bonds is 6. The zero-order valence-electron chi connectivity index (χ0n) is 17.2. The van der Waals surface area contributed by atoms with Gasteiger partial charge >= 0.3 is 0 Å². The Morgan fingerprint density at radius 1 is 1.27 bits per heavy atom. The molecule has 0 bridgehead atoms. The van der Waals surface area contributed by atoms with Crippen LogP contribution in [0.1, 0.15) is 17.4 Å². The predicted molar refractivity (Wildman–Crippen MR) is 116 cm³/mol. The predicted octanol–water partition coefficient (Wildman–Crippen LogP) is 3.11. The van der Waals surface area contributed by atoms with Crippen molar-refractivity contribution in [3.63, 3.8) is 0 Å². The van der Waals surface area contributed by atoms with Gasteiger partial charge < -0.3 is 24.8 Å². The van der Waals surface area contributed by atoms with Gasteiger partial charge in [-0.1, -0.05) is 0 Å². The molecular weight excluding hydrogens is 385 g/mol. The maximum Gasteiger partial charge on any atom is 0.270 e. The number of anilines is 2. The average molecular weight is 411 g/mol. The van der Waals surface area contributed by atoms with E-state index in [4.69, 9.17) is 4.74 Å². The van der Waals surface area contributed by atoms with Crippen LogP contribution in [-0.2, 0) is 4.74 Å². The summed E-state index contributed by atoms with van der Waals surface area (Å²) in [6.45, 7) is 5.21. The van der Waals surface area contributed by atoms with Gasteiger partial charge in [0.05, 0.1) is 12.3 Å². The summed E-state index contributed by atoms with van der Waals surface area (Å²) in [5.74, 6) is 0.502. The largest absolute Gasteiger partial charge is 0.383 e. The third-order valence-electron chi connectivity index (χ3n) is 5.28. The van der Waals surface area contributed by atoms with E-state index < -0.39 is 0 Å². The number of nitrogens with zero attached hydrogens (tertiary/aromatic N) is 3. The van der Waals surface area contributed by atoms with Crippen molar-refractivity contribution in [1.82, 2.24) is 14.9 Å². The number of amides is 1. The molecule has 1 fully saturated rings. The first-order valence-corrected chi connectivity index (χ1v) is 10.1. The Morgan fingerprint density at radius 2 is 2.07 bits per heavy atom. The van der Waals surface area contributed by atoms with E-state index in [9.17, 15) is 9.18 Å². The molecule has 2 N–H and O–H groups in total. The van der Waals surface area contributed by atoms with Crippen molar-refractivity contribution in [2.75, 3.05) is 50.1 Å². The van der Waals surface area contributed by atoms with Gasteiger partial charge in [0.1, 0.15) is 11.5 Å². The van der Waals surface area contributed by atoms with Crippen LogP contribution in [0.25, 0.3) is 10.9 Å². The zero-order chi connectivity index (χ0) is 21.1. The molecule has 158 valence electrons. The highest BCUT2D eigenvalue weighted by Crippen LogP contribution is 2.25. The van der Waals surface area contributed by atoms with Gasteiger partial charge in [0, 0.05) is 56.4 Å². The van der Waals surface area contributed by atoms with E-state index in [0.717, 1.165) is 17.0 Å². The maximum atomic E-state index is 13.4. The third-order valence-corrected chi connectivity index (χ3v) is 5.28. The third kappa shape index (κ3) is 4.23. The van der Waals surface area contributed by atoms with Gasteiger partial charge in [0.25, 0.3) is 5.91 Å². The van der Waals surface area contributed by atoms with Crippen molar-refractivity contribution in [3.8, 4) is 0 Å². The summed E-state index contributed by atoms with van der Waals surface area (Å²) >= 11 is 0.